The van der Waals surface area contributed by atoms with Gasteiger partial charge in [-0.3, -0.25) is 0 Å². The summed E-state index contributed by atoms with van der Waals surface area (Å²) in [6.07, 6.45) is 3.97. The van der Waals surface area contributed by atoms with Gasteiger partial charge in [0.1, 0.15) is 0 Å². The lowest BCUT2D eigenvalue weighted by Crippen LogP contribution is -2.37. The molecule has 0 saturated heterocycles. The molecule has 4 heteroatoms. The fourth-order valence-corrected chi connectivity index (χ4v) is 3.88. The number of carbonyl (C=O) groups is 1. The summed E-state index contributed by atoms with van der Waals surface area (Å²) in [5, 5.41) is 1.34. The van der Waals surface area contributed by atoms with Crippen LogP contribution >= 0.6 is 0 Å². The second kappa shape index (κ2) is 4.90. The van der Waals surface area contributed by atoms with Crippen molar-refractivity contribution in [1.29, 1.82) is 0 Å². The summed E-state index contributed by atoms with van der Waals surface area (Å²) in [5.74, 6) is 0.0134. The predicted octanol–water partition coefficient (Wildman–Crippen LogP) is 3.16. The maximum atomic E-state index is 11.9. The molecule has 0 amide bonds. The van der Waals surface area contributed by atoms with Gasteiger partial charge < -0.3 is 14.6 Å². The third kappa shape index (κ3) is 1.86. The molecule has 22 heavy (non-hydrogen) atoms. The normalized spacial score (nSPS) is 23.7. The number of ether oxygens (including phenoxy) is 1. The summed E-state index contributed by atoms with van der Waals surface area (Å²) in [6.45, 7) is 3.06. The number of benzene rings is 1. The number of hydrogen-bond acceptors (Lipinski definition) is 3. The number of carbonyl (C=O) groups excluding carboxylic acids is 1. The molecule has 2 atom stereocenters. The van der Waals surface area contributed by atoms with Crippen molar-refractivity contribution >= 4 is 16.9 Å². The molecule has 0 spiro atoms. The maximum Gasteiger partial charge on any atom is 0.335 e. The van der Waals surface area contributed by atoms with Crippen LogP contribution in [-0.2, 0) is 16.0 Å². The number of para-hydroxylation sites is 1. The highest BCUT2D eigenvalue weighted by atomic mass is 16.5. The SMILES string of the molecule is COC(=O)C1=CN2CCc3c([nH]c4ccccc34)[C@@H]2C[C@H]1C. The standard InChI is InChI=1S/C18H20N2O2/c1-11-9-16-17-13(12-5-3-4-6-15(12)19-17)7-8-20(16)10-14(11)18(21)22-2/h3-6,10-11,16,19H,7-9H2,1-2H3/t11-,16+/m1/s1. The van der Waals surface area contributed by atoms with Crippen molar-refractivity contribution in [2.45, 2.75) is 25.8 Å². The Morgan fingerprint density at radius 3 is 3.00 bits per heavy atom. The number of nitrogens with one attached hydrogen (secondary N) is 1. The molecule has 114 valence electrons. The van der Waals surface area contributed by atoms with Crippen LogP contribution < -0.4 is 0 Å². The van der Waals surface area contributed by atoms with Crippen LogP contribution in [0.5, 0.6) is 0 Å². The molecule has 0 aliphatic carbocycles. The largest absolute Gasteiger partial charge is 0.466 e. The molecule has 1 aromatic carbocycles. The van der Waals surface area contributed by atoms with Gasteiger partial charge in [0.2, 0.25) is 0 Å². The minimum absolute atomic E-state index is 0.201. The van der Waals surface area contributed by atoms with Crippen molar-refractivity contribution < 1.29 is 9.53 Å². The average Bonchev–Trinajstić information content (AvgIpc) is 2.92. The number of H-pyrrole nitrogens is 1. The van der Waals surface area contributed by atoms with Crippen molar-refractivity contribution in [2.24, 2.45) is 5.92 Å². The summed E-state index contributed by atoms with van der Waals surface area (Å²) in [7, 11) is 1.45. The lowest BCUT2D eigenvalue weighted by Gasteiger charge is -2.40. The Balaban J connectivity index is 1.78. The summed E-state index contributed by atoms with van der Waals surface area (Å²) < 4.78 is 4.92. The molecule has 4 nitrogen and oxygen atoms in total. The van der Waals surface area contributed by atoms with Gasteiger partial charge in [-0.15, -0.1) is 0 Å². The minimum atomic E-state index is -0.201. The van der Waals surface area contributed by atoms with Gasteiger partial charge in [-0.25, -0.2) is 4.79 Å². The molecule has 4 rings (SSSR count). The van der Waals surface area contributed by atoms with Crippen molar-refractivity contribution in [3.05, 3.63) is 47.3 Å². The Kier molecular flexibility index (Phi) is 2.99. The maximum absolute atomic E-state index is 11.9. The topological polar surface area (TPSA) is 45.3 Å². The van der Waals surface area contributed by atoms with Crippen molar-refractivity contribution in [3.63, 3.8) is 0 Å². The molecule has 0 unspecified atom stereocenters. The van der Waals surface area contributed by atoms with Crippen LogP contribution in [0.1, 0.15) is 30.6 Å². The molecule has 1 N–H and O–H groups in total. The molecule has 0 saturated carbocycles. The van der Waals surface area contributed by atoms with Gasteiger partial charge in [0, 0.05) is 29.3 Å². The van der Waals surface area contributed by atoms with Gasteiger partial charge in [-0.2, -0.15) is 0 Å². The highest BCUT2D eigenvalue weighted by molar-refractivity contribution is 5.89. The van der Waals surface area contributed by atoms with Crippen LogP contribution in [0, 0.1) is 5.92 Å². The second-order valence-corrected chi connectivity index (χ2v) is 6.28. The highest BCUT2D eigenvalue weighted by Gasteiger charge is 2.36. The number of methoxy groups -OCH3 is 1. The molecule has 2 aromatic rings. The van der Waals surface area contributed by atoms with E-state index < -0.39 is 0 Å². The fraction of sp³-hybridized carbons (Fsp3) is 0.389. The van der Waals surface area contributed by atoms with Crippen LogP contribution in [0.2, 0.25) is 0 Å². The number of fused-ring (bicyclic) bond motifs is 5. The van der Waals surface area contributed by atoms with E-state index in [-0.39, 0.29) is 11.9 Å². The number of nitrogens with zero attached hydrogens (tertiary/aromatic N) is 1. The average molecular weight is 296 g/mol. The molecule has 0 radical (unpaired) electrons. The van der Waals surface area contributed by atoms with Crippen LogP contribution in [0.15, 0.2) is 36.0 Å². The number of hydrogen-bond donors (Lipinski definition) is 1. The van der Waals surface area contributed by atoms with E-state index in [1.54, 1.807) is 0 Å². The first kappa shape index (κ1) is 13.4. The van der Waals surface area contributed by atoms with Gasteiger partial charge in [0.15, 0.2) is 0 Å². The van der Waals surface area contributed by atoms with E-state index >= 15 is 0 Å². The third-order valence-corrected chi connectivity index (χ3v) is 5.03. The fourth-order valence-electron chi connectivity index (χ4n) is 3.88. The number of esters is 1. The summed E-state index contributed by atoms with van der Waals surface area (Å²) in [5.41, 5.74) is 4.77. The number of aromatic nitrogens is 1. The highest BCUT2D eigenvalue weighted by Crippen LogP contribution is 2.42. The van der Waals surface area contributed by atoms with Crippen molar-refractivity contribution in [1.82, 2.24) is 9.88 Å². The van der Waals surface area contributed by atoms with Crippen LogP contribution in [0.25, 0.3) is 10.9 Å². The van der Waals surface area contributed by atoms with E-state index in [2.05, 4.69) is 41.1 Å². The monoisotopic (exact) mass is 296 g/mol. The third-order valence-electron chi connectivity index (χ3n) is 5.03. The van der Waals surface area contributed by atoms with E-state index in [1.165, 1.54) is 29.3 Å². The van der Waals surface area contributed by atoms with E-state index in [4.69, 9.17) is 4.74 Å². The number of rotatable bonds is 1. The van der Waals surface area contributed by atoms with Crippen molar-refractivity contribution in [2.75, 3.05) is 13.7 Å². The minimum Gasteiger partial charge on any atom is -0.466 e. The van der Waals surface area contributed by atoms with E-state index in [0.717, 1.165) is 25.0 Å². The molecule has 0 bridgehead atoms. The van der Waals surface area contributed by atoms with Gasteiger partial charge in [-0.05, 0) is 30.4 Å². The van der Waals surface area contributed by atoms with Gasteiger partial charge in [0.05, 0.1) is 18.7 Å². The zero-order valence-electron chi connectivity index (χ0n) is 12.9. The van der Waals surface area contributed by atoms with Gasteiger partial charge >= 0.3 is 5.97 Å². The molecule has 1 aromatic heterocycles. The van der Waals surface area contributed by atoms with Crippen LogP contribution in [0.4, 0.5) is 0 Å². The van der Waals surface area contributed by atoms with Gasteiger partial charge in [-0.1, -0.05) is 25.1 Å². The first-order valence-corrected chi connectivity index (χ1v) is 7.84. The summed E-state index contributed by atoms with van der Waals surface area (Å²) >= 11 is 0. The lowest BCUT2D eigenvalue weighted by atomic mass is 9.84. The molecule has 2 aliphatic heterocycles. The second-order valence-electron chi connectivity index (χ2n) is 6.28. The smallest absolute Gasteiger partial charge is 0.335 e. The van der Waals surface area contributed by atoms with Crippen LogP contribution in [0.3, 0.4) is 0 Å². The molecule has 3 heterocycles. The van der Waals surface area contributed by atoms with Crippen molar-refractivity contribution in [3.8, 4) is 0 Å². The Labute approximate surface area is 129 Å². The first-order valence-electron chi connectivity index (χ1n) is 7.84. The van der Waals surface area contributed by atoms with E-state index in [9.17, 15) is 4.79 Å². The summed E-state index contributed by atoms with van der Waals surface area (Å²) in [4.78, 5) is 17.8. The first-order chi connectivity index (χ1) is 10.7. The van der Waals surface area contributed by atoms with E-state index in [1.807, 2.05) is 6.20 Å². The number of aromatic amines is 1. The zero-order valence-corrected chi connectivity index (χ0v) is 12.9. The quantitative estimate of drug-likeness (QED) is 0.822. The predicted molar refractivity (Wildman–Crippen MR) is 85.3 cm³/mol. The van der Waals surface area contributed by atoms with Gasteiger partial charge in [0.25, 0.3) is 0 Å². The molecule has 2 aliphatic rings. The molecular formula is C18H20N2O2. The molecular weight excluding hydrogens is 276 g/mol. The zero-order chi connectivity index (χ0) is 15.3. The Hall–Kier alpha value is -2.23. The Bertz CT molecular complexity index is 774. The summed E-state index contributed by atoms with van der Waals surface area (Å²) in [6, 6.07) is 8.84. The molecule has 0 fully saturated rings. The Morgan fingerprint density at radius 1 is 1.36 bits per heavy atom. The van der Waals surface area contributed by atoms with Crippen LogP contribution in [-0.4, -0.2) is 29.5 Å². The lowest BCUT2D eigenvalue weighted by molar-refractivity contribution is -0.137. The Morgan fingerprint density at radius 2 is 2.18 bits per heavy atom. The van der Waals surface area contributed by atoms with E-state index in [0.29, 0.717) is 6.04 Å².